The SMILES string of the molecule is Cc1cc(NCc2cc(C)c(F)c(C)c2)ccc1[N+](=O)[O-]. The Morgan fingerprint density at radius 1 is 1.10 bits per heavy atom. The van der Waals surface area contributed by atoms with Crippen LogP contribution in [0.4, 0.5) is 15.8 Å². The van der Waals surface area contributed by atoms with Gasteiger partial charge in [0.05, 0.1) is 4.92 Å². The normalized spacial score (nSPS) is 10.5. The first-order valence-electron chi connectivity index (χ1n) is 6.63. The van der Waals surface area contributed by atoms with Gasteiger partial charge in [-0.2, -0.15) is 0 Å². The predicted molar refractivity (Wildman–Crippen MR) is 81.0 cm³/mol. The van der Waals surface area contributed by atoms with Crippen LogP contribution in [0.2, 0.25) is 0 Å². The Balaban J connectivity index is 2.13. The molecule has 110 valence electrons. The van der Waals surface area contributed by atoms with Crippen molar-refractivity contribution in [1.82, 2.24) is 0 Å². The van der Waals surface area contributed by atoms with E-state index in [-0.39, 0.29) is 11.5 Å². The number of halogens is 1. The van der Waals surface area contributed by atoms with Crippen molar-refractivity contribution < 1.29 is 9.31 Å². The summed E-state index contributed by atoms with van der Waals surface area (Å²) in [7, 11) is 0. The highest BCUT2D eigenvalue weighted by atomic mass is 19.1. The average molecular weight is 288 g/mol. The molecule has 0 aliphatic heterocycles. The third kappa shape index (κ3) is 3.37. The summed E-state index contributed by atoms with van der Waals surface area (Å²) in [6, 6.07) is 8.50. The van der Waals surface area contributed by atoms with E-state index in [4.69, 9.17) is 0 Å². The maximum absolute atomic E-state index is 13.6. The van der Waals surface area contributed by atoms with Gasteiger partial charge in [-0.15, -0.1) is 0 Å². The maximum atomic E-state index is 13.6. The molecule has 2 aromatic carbocycles. The molecular formula is C16H17FN2O2. The molecule has 0 bridgehead atoms. The van der Waals surface area contributed by atoms with Crippen LogP contribution in [0.5, 0.6) is 0 Å². The molecule has 0 aromatic heterocycles. The largest absolute Gasteiger partial charge is 0.381 e. The monoisotopic (exact) mass is 288 g/mol. The lowest BCUT2D eigenvalue weighted by Crippen LogP contribution is -2.02. The lowest BCUT2D eigenvalue weighted by molar-refractivity contribution is -0.385. The van der Waals surface area contributed by atoms with E-state index in [9.17, 15) is 14.5 Å². The van der Waals surface area contributed by atoms with E-state index in [1.54, 1.807) is 45.0 Å². The van der Waals surface area contributed by atoms with Crippen LogP contribution in [0, 0.1) is 36.7 Å². The van der Waals surface area contributed by atoms with Crippen molar-refractivity contribution >= 4 is 11.4 Å². The molecule has 0 amide bonds. The van der Waals surface area contributed by atoms with E-state index in [0.29, 0.717) is 23.2 Å². The number of hydrogen-bond acceptors (Lipinski definition) is 3. The number of hydrogen-bond donors (Lipinski definition) is 1. The highest BCUT2D eigenvalue weighted by Crippen LogP contribution is 2.22. The summed E-state index contributed by atoms with van der Waals surface area (Å²) in [5.41, 5.74) is 3.73. The molecule has 4 nitrogen and oxygen atoms in total. The molecule has 1 N–H and O–H groups in total. The standard InChI is InChI=1S/C16H17FN2O2/c1-10-8-14(4-5-15(10)19(20)21)18-9-13-6-11(2)16(17)12(3)7-13/h4-8,18H,9H2,1-3H3. The van der Waals surface area contributed by atoms with Gasteiger partial charge in [0.1, 0.15) is 5.82 Å². The van der Waals surface area contributed by atoms with Crippen LogP contribution in [-0.2, 0) is 6.54 Å². The van der Waals surface area contributed by atoms with Crippen LogP contribution in [0.3, 0.4) is 0 Å². The van der Waals surface area contributed by atoms with E-state index in [0.717, 1.165) is 11.3 Å². The van der Waals surface area contributed by atoms with Crippen molar-refractivity contribution in [2.24, 2.45) is 0 Å². The minimum Gasteiger partial charge on any atom is -0.381 e. The van der Waals surface area contributed by atoms with E-state index in [2.05, 4.69) is 5.32 Å². The molecule has 0 fully saturated rings. The quantitative estimate of drug-likeness (QED) is 0.675. The molecule has 21 heavy (non-hydrogen) atoms. The Hall–Kier alpha value is -2.43. The highest BCUT2D eigenvalue weighted by molar-refractivity contribution is 5.53. The molecule has 0 aliphatic rings. The molecule has 0 spiro atoms. The maximum Gasteiger partial charge on any atom is 0.272 e. The smallest absolute Gasteiger partial charge is 0.272 e. The second kappa shape index (κ2) is 5.91. The van der Waals surface area contributed by atoms with Gasteiger partial charge in [0.15, 0.2) is 0 Å². The molecule has 2 aromatic rings. The summed E-state index contributed by atoms with van der Waals surface area (Å²) in [6.45, 7) is 5.72. The number of anilines is 1. The highest BCUT2D eigenvalue weighted by Gasteiger charge is 2.10. The second-order valence-corrected chi connectivity index (χ2v) is 5.16. The van der Waals surface area contributed by atoms with Crippen molar-refractivity contribution in [3.63, 3.8) is 0 Å². The minimum atomic E-state index is -0.397. The van der Waals surface area contributed by atoms with E-state index < -0.39 is 4.92 Å². The van der Waals surface area contributed by atoms with Crippen molar-refractivity contribution in [1.29, 1.82) is 0 Å². The molecule has 0 unspecified atom stereocenters. The molecule has 0 heterocycles. The zero-order chi connectivity index (χ0) is 15.6. The summed E-state index contributed by atoms with van der Waals surface area (Å²) in [5, 5.41) is 14.0. The summed E-state index contributed by atoms with van der Waals surface area (Å²) in [6.07, 6.45) is 0. The zero-order valence-electron chi connectivity index (χ0n) is 12.2. The minimum absolute atomic E-state index is 0.106. The number of nitrogens with zero attached hydrogens (tertiary/aromatic N) is 1. The first-order valence-corrected chi connectivity index (χ1v) is 6.63. The third-order valence-corrected chi connectivity index (χ3v) is 3.39. The Labute approximate surface area is 122 Å². The fourth-order valence-electron chi connectivity index (χ4n) is 2.31. The fourth-order valence-corrected chi connectivity index (χ4v) is 2.31. The number of nitro benzene ring substituents is 1. The number of rotatable bonds is 4. The van der Waals surface area contributed by atoms with Crippen molar-refractivity contribution in [2.75, 3.05) is 5.32 Å². The van der Waals surface area contributed by atoms with Crippen molar-refractivity contribution in [2.45, 2.75) is 27.3 Å². The van der Waals surface area contributed by atoms with Gasteiger partial charge in [-0.25, -0.2) is 4.39 Å². The lowest BCUT2D eigenvalue weighted by Gasteiger charge is -2.10. The molecule has 0 radical (unpaired) electrons. The van der Waals surface area contributed by atoms with Crippen LogP contribution < -0.4 is 5.32 Å². The topological polar surface area (TPSA) is 55.2 Å². The summed E-state index contributed by atoms with van der Waals surface area (Å²) < 4.78 is 13.6. The molecule has 0 aliphatic carbocycles. The predicted octanol–water partition coefficient (Wildman–Crippen LogP) is 4.27. The zero-order valence-corrected chi connectivity index (χ0v) is 12.2. The van der Waals surface area contributed by atoms with Crippen LogP contribution >= 0.6 is 0 Å². The van der Waals surface area contributed by atoms with Gasteiger partial charge in [0.25, 0.3) is 5.69 Å². The fraction of sp³-hybridized carbons (Fsp3) is 0.250. The van der Waals surface area contributed by atoms with E-state index in [1.165, 1.54) is 6.07 Å². The summed E-state index contributed by atoms with van der Waals surface area (Å²) in [5.74, 6) is -0.176. The van der Waals surface area contributed by atoms with Crippen LogP contribution in [0.15, 0.2) is 30.3 Å². The second-order valence-electron chi connectivity index (χ2n) is 5.16. The van der Waals surface area contributed by atoms with Crippen molar-refractivity contribution in [3.05, 3.63) is 68.5 Å². The van der Waals surface area contributed by atoms with Gasteiger partial charge < -0.3 is 5.32 Å². The molecule has 0 saturated heterocycles. The average Bonchev–Trinajstić information content (AvgIpc) is 2.42. The van der Waals surface area contributed by atoms with E-state index in [1.807, 2.05) is 0 Å². The van der Waals surface area contributed by atoms with Gasteiger partial charge >= 0.3 is 0 Å². The number of nitro groups is 1. The van der Waals surface area contributed by atoms with E-state index >= 15 is 0 Å². The lowest BCUT2D eigenvalue weighted by atomic mass is 10.1. The van der Waals surface area contributed by atoms with Gasteiger partial charge in [0, 0.05) is 23.9 Å². The van der Waals surface area contributed by atoms with Crippen molar-refractivity contribution in [3.8, 4) is 0 Å². The number of benzene rings is 2. The Kier molecular flexibility index (Phi) is 4.21. The number of aryl methyl sites for hydroxylation is 3. The summed E-state index contributed by atoms with van der Waals surface area (Å²) >= 11 is 0. The summed E-state index contributed by atoms with van der Waals surface area (Å²) in [4.78, 5) is 10.4. The van der Waals surface area contributed by atoms with Gasteiger partial charge in [-0.1, -0.05) is 12.1 Å². The number of nitrogens with one attached hydrogen (secondary N) is 1. The Bertz CT molecular complexity index is 676. The molecule has 0 atom stereocenters. The first kappa shape index (κ1) is 15.0. The van der Waals surface area contributed by atoms with Crippen LogP contribution in [0.25, 0.3) is 0 Å². The Morgan fingerprint density at radius 2 is 1.71 bits per heavy atom. The van der Waals surface area contributed by atoms with Crippen LogP contribution in [-0.4, -0.2) is 4.92 Å². The Morgan fingerprint density at radius 3 is 2.24 bits per heavy atom. The first-order chi connectivity index (χ1) is 9.88. The molecule has 2 rings (SSSR count). The molecule has 5 heteroatoms. The molecule has 0 saturated carbocycles. The van der Waals surface area contributed by atoms with Crippen LogP contribution in [0.1, 0.15) is 22.3 Å². The van der Waals surface area contributed by atoms with Gasteiger partial charge in [0.2, 0.25) is 0 Å². The van der Waals surface area contributed by atoms with Gasteiger partial charge in [-0.3, -0.25) is 10.1 Å². The third-order valence-electron chi connectivity index (χ3n) is 3.39. The van der Waals surface area contributed by atoms with Gasteiger partial charge in [-0.05, 0) is 49.6 Å². The molecular weight excluding hydrogens is 271 g/mol.